The number of ether oxygens (including phenoxy) is 1. The molecule has 2 fully saturated rings. The van der Waals surface area contributed by atoms with E-state index in [0.29, 0.717) is 13.0 Å². The van der Waals surface area contributed by atoms with Gasteiger partial charge in [-0.25, -0.2) is 0 Å². The molecule has 1 N–H and O–H groups in total. The van der Waals surface area contributed by atoms with Crippen LogP contribution in [0.2, 0.25) is 0 Å². The number of guanidine groups is 1. The number of aliphatic imine (C=N–C) groups is 1. The molecule has 1 aliphatic carbocycles. The summed E-state index contributed by atoms with van der Waals surface area (Å²) in [6.45, 7) is 6.55. The Labute approximate surface area is 151 Å². The Kier molecular flexibility index (Phi) is 8.49. The molecule has 128 valence electrons. The molecule has 0 aromatic carbocycles. The van der Waals surface area contributed by atoms with Crippen LogP contribution in [0.5, 0.6) is 0 Å². The van der Waals surface area contributed by atoms with Crippen LogP contribution in [0.15, 0.2) is 4.99 Å². The fourth-order valence-electron chi connectivity index (χ4n) is 3.51. The molecule has 1 saturated carbocycles. The molecule has 1 saturated heterocycles. The summed E-state index contributed by atoms with van der Waals surface area (Å²) < 4.78 is 5.14. The van der Waals surface area contributed by atoms with Crippen molar-refractivity contribution in [3.8, 4) is 0 Å². The van der Waals surface area contributed by atoms with Gasteiger partial charge in [0.15, 0.2) is 5.96 Å². The number of hydrogen-bond acceptors (Lipinski definition) is 3. The van der Waals surface area contributed by atoms with Gasteiger partial charge in [0.1, 0.15) is 0 Å². The minimum atomic E-state index is -0.150. The highest BCUT2D eigenvalue weighted by Crippen LogP contribution is 2.35. The lowest BCUT2D eigenvalue weighted by molar-refractivity contribution is -0.147. The maximum atomic E-state index is 11.5. The summed E-state index contributed by atoms with van der Waals surface area (Å²) in [5.74, 6) is 2.45. The number of esters is 1. The van der Waals surface area contributed by atoms with E-state index >= 15 is 0 Å². The summed E-state index contributed by atoms with van der Waals surface area (Å²) in [5, 5.41) is 3.30. The van der Waals surface area contributed by atoms with Crippen LogP contribution < -0.4 is 5.32 Å². The third-order valence-corrected chi connectivity index (χ3v) is 4.47. The van der Waals surface area contributed by atoms with E-state index in [1.807, 2.05) is 20.9 Å². The van der Waals surface area contributed by atoms with E-state index in [9.17, 15) is 4.79 Å². The first kappa shape index (κ1) is 19.5. The second-order valence-corrected chi connectivity index (χ2v) is 6.47. The fourth-order valence-corrected chi connectivity index (χ4v) is 3.51. The molecule has 2 unspecified atom stereocenters. The summed E-state index contributed by atoms with van der Waals surface area (Å²) in [4.78, 5) is 18.3. The van der Waals surface area contributed by atoms with Crippen LogP contribution in [0.3, 0.4) is 0 Å². The van der Waals surface area contributed by atoms with Crippen molar-refractivity contribution < 1.29 is 9.53 Å². The summed E-state index contributed by atoms with van der Waals surface area (Å²) in [5.41, 5.74) is 0. The van der Waals surface area contributed by atoms with E-state index in [4.69, 9.17) is 4.74 Å². The van der Waals surface area contributed by atoms with E-state index in [0.717, 1.165) is 30.9 Å². The van der Waals surface area contributed by atoms with Crippen molar-refractivity contribution in [1.82, 2.24) is 10.2 Å². The summed E-state index contributed by atoms with van der Waals surface area (Å²) in [7, 11) is 1.82. The third-order valence-electron chi connectivity index (χ3n) is 4.47. The smallest absolute Gasteiger partial charge is 0.307 e. The first-order valence-electron chi connectivity index (χ1n) is 8.25. The SMILES string of the molecule is CN=C(NCCC(=O)OC(C)C)N1CC2CCCCC2C1.I. The number of rotatable bonds is 4. The van der Waals surface area contributed by atoms with Crippen molar-refractivity contribution in [2.45, 2.75) is 52.1 Å². The van der Waals surface area contributed by atoms with Crippen LogP contribution in [-0.2, 0) is 9.53 Å². The highest BCUT2D eigenvalue weighted by molar-refractivity contribution is 14.0. The maximum absolute atomic E-state index is 11.5. The molecule has 1 aliphatic heterocycles. The minimum Gasteiger partial charge on any atom is -0.463 e. The molecule has 0 aromatic rings. The van der Waals surface area contributed by atoms with Crippen LogP contribution >= 0.6 is 24.0 Å². The van der Waals surface area contributed by atoms with E-state index < -0.39 is 0 Å². The standard InChI is InChI=1S/C16H29N3O2.HI/c1-12(2)21-15(20)8-9-18-16(17-3)19-10-13-6-4-5-7-14(13)11-19;/h12-14H,4-11H2,1-3H3,(H,17,18);1H. The second-order valence-electron chi connectivity index (χ2n) is 6.47. The number of hydrogen-bond donors (Lipinski definition) is 1. The number of likely N-dealkylation sites (tertiary alicyclic amines) is 1. The monoisotopic (exact) mass is 423 g/mol. The van der Waals surface area contributed by atoms with Crippen molar-refractivity contribution in [3.63, 3.8) is 0 Å². The Hall–Kier alpha value is -0.530. The summed E-state index contributed by atoms with van der Waals surface area (Å²) in [6, 6.07) is 0. The average molecular weight is 423 g/mol. The fraction of sp³-hybridized carbons (Fsp3) is 0.875. The molecule has 0 spiro atoms. The van der Waals surface area contributed by atoms with Crippen molar-refractivity contribution in [1.29, 1.82) is 0 Å². The molecular weight excluding hydrogens is 393 g/mol. The lowest BCUT2D eigenvalue weighted by Crippen LogP contribution is -2.41. The number of halogens is 1. The lowest BCUT2D eigenvalue weighted by atomic mass is 9.82. The highest BCUT2D eigenvalue weighted by atomic mass is 127. The number of carbonyl (C=O) groups excluding carboxylic acids is 1. The van der Waals surface area contributed by atoms with Gasteiger partial charge in [0.2, 0.25) is 0 Å². The molecule has 0 amide bonds. The number of nitrogens with zero attached hydrogens (tertiary/aromatic N) is 2. The van der Waals surface area contributed by atoms with Crippen LogP contribution in [0, 0.1) is 11.8 Å². The van der Waals surface area contributed by atoms with Crippen molar-refractivity contribution in [3.05, 3.63) is 0 Å². The Bertz CT molecular complexity index is 374. The van der Waals surface area contributed by atoms with Crippen molar-refractivity contribution >= 4 is 35.9 Å². The van der Waals surface area contributed by atoms with E-state index in [1.165, 1.54) is 25.7 Å². The van der Waals surface area contributed by atoms with Crippen LogP contribution in [0.1, 0.15) is 46.0 Å². The Morgan fingerprint density at radius 3 is 2.36 bits per heavy atom. The molecule has 2 aliphatic rings. The van der Waals surface area contributed by atoms with E-state index in [1.54, 1.807) is 0 Å². The first-order valence-corrected chi connectivity index (χ1v) is 8.25. The van der Waals surface area contributed by atoms with Crippen molar-refractivity contribution in [2.75, 3.05) is 26.7 Å². The van der Waals surface area contributed by atoms with Crippen LogP contribution in [0.25, 0.3) is 0 Å². The first-order chi connectivity index (χ1) is 10.1. The molecule has 0 bridgehead atoms. The molecule has 2 rings (SSSR count). The summed E-state index contributed by atoms with van der Waals surface area (Å²) in [6.07, 6.45) is 5.82. The van der Waals surface area contributed by atoms with Crippen molar-refractivity contribution in [2.24, 2.45) is 16.8 Å². The van der Waals surface area contributed by atoms with E-state index in [-0.39, 0.29) is 36.0 Å². The van der Waals surface area contributed by atoms with Gasteiger partial charge in [-0.2, -0.15) is 0 Å². The molecule has 6 heteroatoms. The molecule has 0 aromatic heterocycles. The topological polar surface area (TPSA) is 53.9 Å². The lowest BCUT2D eigenvalue weighted by Gasteiger charge is -2.22. The normalized spacial score (nSPS) is 24.7. The van der Waals surface area contributed by atoms with Gasteiger partial charge in [-0.3, -0.25) is 9.79 Å². The second kappa shape index (κ2) is 9.57. The molecule has 2 atom stereocenters. The Morgan fingerprint density at radius 1 is 1.27 bits per heavy atom. The van der Waals surface area contributed by atoms with E-state index in [2.05, 4.69) is 15.2 Å². The third kappa shape index (κ3) is 5.59. The summed E-state index contributed by atoms with van der Waals surface area (Å²) >= 11 is 0. The van der Waals surface area contributed by atoms with Gasteiger partial charge in [0.05, 0.1) is 12.5 Å². The predicted octanol–water partition coefficient (Wildman–Crippen LogP) is 2.64. The highest BCUT2D eigenvalue weighted by Gasteiger charge is 2.35. The molecule has 5 nitrogen and oxygen atoms in total. The van der Waals surface area contributed by atoms with Gasteiger partial charge in [0, 0.05) is 26.7 Å². The zero-order valence-corrected chi connectivity index (χ0v) is 16.3. The minimum absolute atomic E-state index is 0. The van der Waals surface area contributed by atoms with Gasteiger partial charge in [-0.05, 0) is 38.5 Å². The van der Waals surface area contributed by atoms with Gasteiger partial charge in [-0.15, -0.1) is 24.0 Å². The molecule has 22 heavy (non-hydrogen) atoms. The maximum Gasteiger partial charge on any atom is 0.307 e. The Morgan fingerprint density at radius 2 is 1.86 bits per heavy atom. The molecule has 0 radical (unpaired) electrons. The van der Waals surface area contributed by atoms with Gasteiger partial charge in [-0.1, -0.05) is 12.8 Å². The number of nitrogens with one attached hydrogen (secondary N) is 1. The Balaban J connectivity index is 0.00000242. The van der Waals surface area contributed by atoms with Gasteiger partial charge < -0.3 is 15.0 Å². The zero-order chi connectivity index (χ0) is 15.2. The van der Waals surface area contributed by atoms with Gasteiger partial charge in [0.25, 0.3) is 0 Å². The van der Waals surface area contributed by atoms with Crippen LogP contribution in [0.4, 0.5) is 0 Å². The zero-order valence-electron chi connectivity index (χ0n) is 14.0. The molecular formula is C16H30IN3O2. The van der Waals surface area contributed by atoms with Crippen LogP contribution in [-0.4, -0.2) is 49.6 Å². The molecule has 1 heterocycles. The number of carbonyl (C=O) groups is 1. The number of fused-ring (bicyclic) bond motifs is 1. The van der Waals surface area contributed by atoms with Gasteiger partial charge >= 0.3 is 5.97 Å². The predicted molar refractivity (Wildman–Crippen MR) is 99.6 cm³/mol. The largest absolute Gasteiger partial charge is 0.463 e. The average Bonchev–Trinajstić information content (AvgIpc) is 2.86. The quantitative estimate of drug-likeness (QED) is 0.327.